The second-order valence-corrected chi connectivity index (χ2v) is 6.85. The van der Waals surface area contributed by atoms with Crippen molar-refractivity contribution in [3.8, 4) is 5.75 Å². The Morgan fingerprint density at radius 2 is 1.62 bits per heavy atom. The third kappa shape index (κ3) is 4.31. The monoisotopic (exact) mass is 305 g/mol. The maximum Gasteiger partial charge on any atom is 0.175 e. The quantitative estimate of drug-likeness (QED) is 0.890. The number of ether oxygens (including phenoxy) is 1. The summed E-state index contributed by atoms with van der Waals surface area (Å²) in [5, 5.41) is 3.12. The maximum absolute atomic E-state index is 11.4. The number of rotatable bonds is 6. The van der Waals surface area contributed by atoms with Crippen molar-refractivity contribution < 1.29 is 13.2 Å². The summed E-state index contributed by atoms with van der Waals surface area (Å²) in [5.74, 6) is 0.654. The molecule has 2 aromatic carbocycles. The Hall–Kier alpha value is -1.85. The van der Waals surface area contributed by atoms with Crippen molar-refractivity contribution in [1.29, 1.82) is 0 Å². The summed E-state index contributed by atoms with van der Waals surface area (Å²) in [7, 11) is -1.26. The molecule has 0 radical (unpaired) electrons. The molecular weight excluding hydrogens is 286 g/mol. The molecule has 1 N–H and O–H groups in total. The molecule has 0 aliphatic rings. The fourth-order valence-electron chi connectivity index (χ4n) is 2.01. The van der Waals surface area contributed by atoms with Crippen LogP contribution in [0.2, 0.25) is 0 Å². The molecule has 21 heavy (non-hydrogen) atoms. The van der Waals surface area contributed by atoms with Crippen LogP contribution < -0.4 is 10.1 Å². The molecule has 4 nitrogen and oxygen atoms in total. The zero-order valence-corrected chi connectivity index (χ0v) is 13.0. The zero-order valence-electron chi connectivity index (χ0n) is 12.2. The molecule has 0 fully saturated rings. The highest BCUT2D eigenvalue weighted by Gasteiger charge is 2.07. The minimum atomic E-state index is -3.16. The van der Waals surface area contributed by atoms with Crippen molar-refractivity contribution in [2.24, 2.45) is 0 Å². The lowest BCUT2D eigenvalue weighted by Crippen LogP contribution is -2.09. The lowest BCUT2D eigenvalue weighted by Gasteiger charge is -2.11. The minimum absolute atomic E-state index is 0.297. The van der Waals surface area contributed by atoms with Crippen LogP contribution in [0.4, 0.5) is 0 Å². The van der Waals surface area contributed by atoms with Crippen LogP contribution >= 0.6 is 0 Å². The molecular formula is C16H19NO3S. The molecule has 0 amide bonds. The van der Waals surface area contributed by atoms with Gasteiger partial charge in [-0.15, -0.1) is 0 Å². The van der Waals surface area contributed by atoms with E-state index in [0.717, 1.165) is 12.1 Å². The molecule has 2 rings (SSSR count). The highest BCUT2D eigenvalue weighted by Crippen LogP contribution is 2.18. The van der Waals surface area contributed by atoms with Crippen LogP contribution in [0.15, 0.2) is 53.4 Å². The van der Waals surface area contributed by atoms with Crippen molar-refractivity contribution in [2.75, 3.05) is 13.3 Å². The molecule has 5 heteroatoms. The molecule has 0 saturated heterocycles. The van der Waals surface area contributed by atoms with Crippen LogP contribution in [0.5, 0.6) is 5.75 Å². The summed E-state index contributed by atoms with van der Waals surface area (Å²) in [5.41, 5.74) is 2.30. The van der Waals surface area contributed by atoms with Gasteiger partial charge < -0.3 is 10.1 Å². The van der Waals surface area contributed by atoms with E-state index in [9.17, 15) is 8.42 Å². The number of hydrogen-bond donors (Lipinski definition) is 1. The van der Waals surface area contributed by atoms with Crippen molar-refractivity contribution in [1.82, 2.24) is 5.32 Å². The fourth-order valence-corrected chi connectivity index (χ4v) is 2.64. The topological polar surface area (TPSA) is 55.4 Å². The Morgan fingerprint density at radius 1 is 1.00 bits per heavy atom. The van der Waals surface area contributed by atoms with E-state index in [1.165, 1.54) is 11.8 Å². The van der Waals surface area contributed by atoms with Crippen molar-refractivity contribution in [3.63, 3.8) is 0 Å². The normalized spacial score (nSPS) is 11.3. The molecule has 0 bridgehead atoms. The van der Waals surface area contributed by atoms with E-state index < -0.39 is 9.84 Å². The highest BCUT2D eigenvalue weighted by molar-refractivity contribution is 7.90. The second-order valence-electron chi connectivity index (χ2n) is 4.83. The van der Waals surface area contributed by atoms with Gasteiger partial charge in [-0.05, 0) is 42.4 Å². The van der Waals surface area contributed by atoms with Crippen molar-refractivity contribution >= 4 is 9.84 Å². The van der Waals surface area contributed by atoms with Crippen molar-refractivity contribution in [2.45, 2.75) is 18.0 Å². The Morgan fingerprint density at radius 3 is 2.19 bits per heavy atom. The van der Waals surface area contributed by atoms with Gasteiger partial charge in [-0.2, -0.15) is 0 Å². The summed E-state index contributed by atoms with van der Waals surface area (Å²) in [6, 6.07) is 14.5. The third-order valence-corrected chi connectivity index (χ3v) is 4.26. The Bertz CT molecular complexity index is 694. The van der Waals surface area contributed by atoms with E-state index in [1.54, 1.807) is 24.3 Å². The van der Waals surface area contributed by atoms with E-state index in [1.807, 2.05) is 25.2 Å². The summed E-state index contributed by atoms with van der Waals surface area (Å²) in [6.07, 6.45) is 1.19. The van der Waals surface area contributed by atoms with E-state index in [2.05, 4.69) is 11.4 Å². The number of sulfone groups is 1. The SMILES string of the molecule is CNCc1ccccc1COc1ccc(S(C)(=O)=O)cc1. The largest absolute Gasteiger partial charge is 0.489 e. The minimum Gasteiger partial charge on any atom is -0.489 e. The first-order valence-electron chi connectivity index (χ1n) is 6.65. The number of nitrogens with one attached hydrogen (secondary N) is 1. The molecule has 0 atom stereocenters. The molecule has 0 aromatic heterocycles. The lowest BCUT2D eigenvalue weighted by molar-refractivity contribution is 0.304. The molecule has 0 aliphatic carbocycles. The van der Waals surface area contributed by atoms with E-state index in [4.69, 9.17) is 4.74 Å². The first-order chi connectivity index (χ1) is 10.0. The van der Waals surface area contributed by atoms with Gasteiger partial charge in [0.15, 0.2) is 9.84 Å². The van der Waals surface area contributed by atoms with Gasteiger partial charge in [0.05, 0.1) is 4.90 Å². The van der Waals surface area contributed by atoms with Crippen LogP contribution in [-0.2, 0) is 23.0 Å². The van der Waals surface area contributed by atoms with Gasteiger partial charge in [0, 0.05) is 12.8 Å². The molecule has 0 spiro atoms. The number of benzene rings is 2. The zero-order chi connectivity index (χ0) is 15.3. The van der Waals surface area contributed by atoms with Gasteiger partial charge in [-0.3, -0.25) is 0 Å². The summed E-state index contributed by atoms with van der Waals surface area (Å²) >= 11 is 0. The lowest BCUT2D eigenvalue weighted by atomic mass is 10.1. The first kappa shape index (κ1) is 15.5. The fraction of sp³-hybridized carbons (Fsp3) is 0.250. The summed E-state index contributed by atoms with van der Waals surface area (Å²) in [4.78, 5) is 0.297. The second kappa shape index (κ2) is 6.74. The predicted octanol–water partition coefficient (Wildman–Crippen LogP) is 2.39. The average Bonchev–Trinajstić information content (AvgIpc) is 2.46. The van der Waals surface area contributed by atoms with Crippen LogP contribution in [0, 0.1) is 0 Å². The average molecular weight is 305 g/mol. The van der Waals surface area contributed by atoms with E-state index in [0.29, 0.717) is 17.3 Å². The van der Waals surface area contributed by atoms with Gasteiger partial charge in [0.1, 0.15) is 12.4 Å². The standard InChI is InChI=1S/C16H19NO3S/c1-17-11-13-5-3-4-6-14(13)12-20-15-7-9-16(10-8-15)21(2,18)19/h3-10,17H,11-12H2,1-2H3. The van der Waals surface area contributed by atoms with Crippen LogP contribution in [0.25, 0.3) is 0 Å². The summed E-state index contributed by atoms with van der Waals surface area (Å²) in [6.45, 7) is 1.24. The van der Waals surface area contributed by atoms with Crippen LogP contribution in [-0.4, -0.2) is 21.7 Å². The van der Waals surface area contributed by atoms with E-state index >= 15 is 0 Å². The first-order valence-corrected chi connectivity index (χ1v) is 8.54. The summed E-state index contributed by atoms with van der Waals surface area (Å²) < 4.78 is 28.5. The Kier molecular flexibility index (Phi) is 4.98. The van der Waals surface area contributed by atoms with Gasteiger partial charge in [-0.1, -0.05) is 24.3 Å². The smallest absolute Gasteiger partial charge is 0.175 e. The van der Waals surface area contributed by atoms with Crippen molar-refractivity contribution in [3.05, 3.63) is 59.7 Å². The molecule has 112 valence electrons. The Balaban J connectivity index is 2.07. The number of hydrogen-bond acceptors (Lipinski definition) is 4. The molecule has 2 aromatic rings. The van der Waals surface area contributed by atoms with Gasteiger partial charge >= 0.3 is 0 Å². The molecule has 0 saturated carbocycles. The van der Waals surface area contributed by atoms with E-state index in [-0.39, 0.29) is 0 Å². The Labute approximate surface area is 125 Å². The van der Waals surface area contributed by atoms with Gasteiger partial charge in [-0.25, -0.2) is 8.42 Å². The van der Waals surface area contributed by atoms with Crippen LogP contribution in [0.1, 0.15) is 11.1 Å². The van der Waals surface area contributed by atoms with Gasteiger partial charge in [0.2, 0.25) is 0 Å². The molecule has 0 heterocycles. The van der Waals surface area contributed by atoms with Gasteiger partial charge in [0.25, 0.3) is 0 Å². The molecule has 0 unspecified atom stereocenters. The molecule has 0 aliphatic heterocycles. The third-order valence-electron chi connectivity index (χ3n) is 3.13. The van der Waals surface area contributed by atoms with Crippen LogP contribution in [0.3, 0.4) is 0 Å². The maximum atomic E-state index is 11.4. The predicted molar refractivity (Wildman–Crippen MR) is 83.1 cm³/mol. The highest BCUT2D eigenvalue weighted by atomic mass is 32.2.